The summed E-state index contributed by atoms with van der Waals surface area (Å²) in [5.41, 5.74) is 0.135. The highest BCUT2D eigenvalue weighted by molar-refractivity contribution is 5.79. The van der Waals surface area contributed by atoms with Gasteiger partial charge in [-0.3, -0.25) is 4.79 Å². The standard InChI is InChI=1S/C23H31F3N2O/c24-23(25,26)20-10-6-9-18(13-20)21-16-28(22(29)17-7-2-3-8-17)15-19(21)14-27-11-4-1-5-12-27/h6,9-10,13,17,19,21H,1-5,7-8,11-12,14-16H2/t19-,21-/m1/s1. The number of carbonyl (C=O) groups is 1. The van der Waals surface area contributed by atoms with Crippen molar-refractivity contribution in [3.8, 4) is 0 Å². The lowest BCUT2D eigenvalue weighted by Crippen LogP contribution is -2.37. The number of hydrogen-bond donors (Lipinski definition) is 0. The van der Waals surface area contributed by atoms with Crippen LogP contribution in [-0.2, 0) is 11.0 Å². The van der Waals surface area contributed by atoms with Gasteiger partial charge in [0.15, 0.2) is 0 Å². The minimum atomic E-state index is -4.34. The van der Waals surface area contributed by atoms with Gasteiger partial charge in [-0.25, -0.2) is 0 Å². The number of likely N-dealkylation sites (tertiary alicyclic amines) is 2. The second-order valence-electron chi connectivity index (χ2n) is 9.08. The van der Waals surface area contributed by atoms with Gasteiger partial charge in [-0.1, -0.05) is 37.5 Å². The SMILES string of the molecule is O=C(C1CCCC1)N1C[C@@H](CN2CCCCC2)[C@@H](c2cccc(C(F)(F)F)c2)C1. The summed E-state index contributed by atoms with van der Waals surface area (Å²) in [5, 5.41) is 0. The molecule has 3 fully saturated rings. The normalized spacial score (nSPS) is 26.9. The summed E-state index contributed by atoms with van der Waals surface area (Å²) in [4.78, 5) is 17.4. The van der Waals surface area contributed by atoms with Gasteiger partial charge in [-0.05, 0) is 56.3 Å². The zero-order valence-electron chi connectivity index (χ0n) is 17.0. The molecule has 2 heterocycles. The van der Waals surface area contributed by atoms with Crippen molar-refractivity contribution in [1.29, 1.82) is 0 Å². The van der Waals surface area contributed by atoms with E-state index in [2.05, 4.69) is 4.90 Å². The predicted molar refractivity (Wildman–Crippen MR) is 107 cm³/mol. The Morgan fingerprint density at radius 2 is 1.72 bits per heavy atom. The fourth-order valence-electron chi connectivity index (χ4n) is 5.46. The van der Waals surface area contributed by atoms with Crippen molar-refractivity contribution >= 4 is 5.91 Å². The van der Waals surface area contributed by atoms with Gasteiger partial charge in [0.1, 0.15) is 0 Å². The van der Waals surface area contributed by atoms with Crippen LogP contribution in [0.3, 0.4) is 0 Å². The van der Waals surface area contributed by atoms with Gasteiger partial charge in [0.2, 0.25) is 5.91 Å². The average molecular weight is 409 g/mol. The lowest BCUT2D eigenvalue weighted by Gasteiger charge is -2.31. The molecule has 4 rings (SSSR count). The van der Waals surface area contributed by atoms with E-state index in [1.54, 1.807) is 0 Å². The largest absolute Gasteiger partial charge is 0.416 e. The summed E-state index contributed by atoms with van der Waals surface area (Å²) in [6, 6.07) is 5.77. The van der Waals surface area contributed by atoms with Crippen LogP contribution in [0.4, 0.5) is 13.2 Å². The van der Waals surface area contributed by atoms with E-state index < -0.39 is 11.7 Å². The van der Waals surface area contributed by atoms with Crippen LogP contribution >= 0.6 is 0 Å². The molecule has 2 atom stereocenters. The lowest BCUT2D eigenvalue weighted by atomic mass is 9.87. The van der Waals surface area contributed by atoms with E-state index in [1.165, 1.54) is 31.4 Å². The molecule has 3 nitrogen and oxygen atoms in total. The quantitative estimate of drug-likeness (QED) is 0.706. The van der Waals surface area contributed by atoms with Crippen LogP contribution in [0.1, 0.15) is 62.0 Å². The average Bonchev–Trinajstić information content (AvgIpc) is 3.38. The van der Waals surface area contributed by atoms with Crippen molar-refractivity contribution in [1.82, 2.24) is 9.80 Å². The van der Waals surface area contributed by atoms with Crippen molar-refractivity contribution in [2.24, 2.45) is 11.8 Å². The first-order chi connectivity index (χ1) is 13.9. The third-order valence-corrected chi connectivity index (χ3v) is 7.04. The van der Waals surface area contributed by atoms with Gasteiger partial charge >= 0.3 is 6.18 Å². The molecule has 1 aliphatic carbocycles. The topological polar surface area (TPSA) is 23.6 Å². The number of piperidine rings is 1. The Morgan fingerprint density at radius 3 is 2.41 bits per heavy atom. The zero-order valence-corrected chi connectivity index (χ0v) is 17.0. The van der Waals surface area contributed by atoms with Crippen LogP contribution in [0.2, 0.25) is 0 Å². The molecule has 1 aromatic rings. The van der Waals surface area contributed by atoms with Crippen molar-refractivity contribution in [3.63, 3.8) is 0 Å². The molecule has 0 unspecified atom stereocenters. The number of rotatable bonds is 4. The summed E-state index contributed by atoms with van der Waals surface area (Å²) in [6.07, 6.45) is 3.43. The van der Waals surface area contributed by atoms with Crippen molar-refractivity contribution in [2.45, 2.75) is 57.0 Å². The summed E-state index contributed by atoms with van der Waals surface area (Å²) < 4.78 is 39.8. The molecule has 1 amide bonds. The van der Waals surface area contributed by atoms with Crippen molar-refractivity contribution in [2.75, 3.05) is 32.7 Å². The molecular weight excluding hydrogens is 377 g/mol. The minimum absolute atomic E-state index is 0.0235. The van der Waals surface area contributed by atoms with Crippen molar-refractivity contribution < 1.29 is 18.0 Å². The molecule has 1 saturated carbocycles. The number of carbonyl (C=O) groups excluding carboxylic acids is 1. The summed E-state index contributed by atoms with van der Waals surface area (Å²) >= 11 is 0. The van der Waals surface area contributed by atoms with Crippen LogP contribution < -0.4 is 0 Å². The predicted octanol–water partition coefficient (Wildman–Crippen LogP) is 4.92. The van der Waals surface area contributed by atoms with Gasteiger partial charge in [0, 0.05) is 31.5 Å². The molecule has 0 radical (unpaired) electrons. The first kappa shape index (κ1) is 20.7. The first-order valence-corrected chi connectivity index (χ1v) is 11.1. The number of amides is 1. The Kier molecular flexibility index (Phi) is 6.19. The number of nitrogens with zero attached hydrogens (tertiary/aromatic N) is 2. The molecule has 2 aliphatic heterocycles. The Balaban J connectivity index is 1.55. The molecule has 2 saturated heterocycles. The molecular formula is C23H31F3N2O. The van der Waals surface area contributed by atoms with E-state index >= 15 is 0 Å². The number of benzene rings is 1. The number of halogens is 3. The van der Waals surface area contributed by atoms with E-state index in [4.69, 9.17) is 0 Å². The van der Waals surface area contributed by atoms with E-state index in [9.17, 15) is 18.0 Å². The number of alkyl halides is 3. The van der Waals surface area contributed by atoms with Crippen LogP contribution in [0.5, 0.6) is 0 Å². The fourth-order valence-corrected chi connectivity index (χ4v) is 5.46. The molecule has 6 heteroatoms. The second kappa shape index (κ2) is 8.66. The van der Waals surface area contributed by atoms with Crippen LogP contribution in [-0.4, -0.2) is 48.4 Å². The molecule has 3 aliphatic rings. The highest BCUT2D eigenvalue weighted by Gasteiger charge is 2.40. The lowest BCUT2D eigenvalue weighted by molar-refractivity contribution is -0.137. The van der Waals surface area contributed by atoms with Gasteiger partial charge in [-0.2, -0.15) is 13.2 Å². The third kappa shape index (κ3) is 4.79. The van der Waals surface area contributed by atoms with Crippen molar-refractivity contribution in [3.05, 3.63) is 35.4 Å². The van der Waals surface area contributed by atoms with Gasteiger partial charge in [-0.15, -0.1) is 0 Å². The van der Waals surface area contributed by atoms with E-state index in [0.717, 1.165) is 56.9 Å². The Hall–Kier alpha value is -1.56. The minimum Gasteiger partial charge on any atom is -0.341 e. The monoisotopic (exact) mass is 408 g/mol. The maximum atomic E-state index is 13.3. The summed E-state index contributed by atoms with van der Waals surface area (Å²) in [7, 11) is 0. The smallest absolute Gasteiger partial charge is 0.341 e. The maximum Gasteiger partial charge on any atom is 0.416 e. The Labute approximate surface area is 171 Å². The second-order valence-corrected chi connectivity index (χ2v) is 9.08. The van der Waals surface area contributed by atoms with Gasteiger partial charge in [0.05, 0.1) is 5.56 Å². The third-order valence-electron chi connectivity index (χ3n) is 7.04. The molecule has 29 heavy (non-hydrogen) atoms. The van der Waals surface area contributed by atoms with Crippen LogP contribution in [0.15, 0.2) is 24.3 Å². The molecule has 0 N–H and O–H groups in total. The van der Waals surface area contributed by atoms with E-state index in [-0.39, 0.29) is 23.7 Å². The van der Waals surface area contributed by atoms with E-state index in [0.29, 0.717) is 13.1 Å². The van der Waals surface area contributed by atoms with Crippen LogP contribution in [0.25, 0.3) is 0 Å². The molecule has 160 valence electrons. The molecule has 1 aromatic carbocycles. The first-order valence-electron chi connectivity index (χ1n) is 11.1. The Morgan fingerprint density at radius 1 is 1.00 bits per heavy atom. The maximum absolute atomic E-state index is 13.3. The summed E-state index contributed by atoms with van der Waals surface area (Å²) in [6.45, 7) is 4.21. The van der Waals surface area contributed by atoms with E-state index in [1.807, 2.05) is 11.0 Å². The van der Waals surface area contributed by atoms with Crippen LogP contribution in [0, 0.1) is 11.8 Å². The zero-order chi connectivity index (χ0) is 20.4. The fraction of sp³-hybridized carbons (Fsp3) is 0.696. The number of hydrogen-bond acceptors (Lipinski definition) is 2. The molecule has 0 aromatic heterocycles. The molecule has 0 bridgehead atoms. The Bertz CT molecular complexity index is 708. The van der Waals surface area contributed by atoms with Gasteiger partial charge < -0.3 is 9.80 Å². The highest BCUT2D eigenvalue weighted by atomic mass is 19.4. The highest BCUT2D eigenvalue weighted by Crippen LogP contribution is 2.38. The molecule has 0 spiro atoms. The summed E-state index contributed by atoms with van der Waals surface area (Å²) in [5.74, 6) is 0.512. The van der Waals surface area contributed by atoms with Gasteiger partial charge in [0.25, 0.3) is 0 Å².